The Morgan fingerprint density at radius 2 is 0.960 bits per heavy atom. The van der Waals surface area contributed by atoms with Crippen LogP contribution in [-0.4, -0.2) is 14.1 Å². The number of pyridine rings is 1. The van der Waals surface area contributed by atoms with Crippen molar-refractivity contribution in [1.82, 2.24) is 14.1 Å². The van der Waals surface area contributed by atoms with E-state index in [9.17, 15) is 0 Å². The van der Waals surface area contributed by atoms with Crippen LogP contribution in [0.4, 0.5) is 0 Å². The third-order valence-electron chi connectivity index (χ3n) is 9.97. The van der Waals surface area contributed by atoms with Crippen LogP contribution in [0.25, 0.3) is 88.5 Å². The summed E-state index contributed by atoms with van der Waals surface area (Å²) in [4.78, 5) is 4.87. The van der Waals surface area contributed by atoms with Gasteiger partial charge in [-0.2, -0.15) is 0 Å². The zero-order valence-electron chi connectivity index (χ0n) is 27.2. The second-order valence-corrected chi connectivity index (χ2v) is 12.8. The lowest BCUT2D eigenvalue weighted by atomic mass is 9.98. The van der Waals surface area contributed by atoms with E-state index in [2.05, 4.69) is 185 Å². The SMILES string of the molecule is c1ccc(-c2ccc(-n3c4ccccc4c4c(-c5ccc6c7ncccc7n(-c7cccc(-c8ccccc8)c7)c6c5)cccc43)cc2)cc1. The quantitative estimate of drug-likeness (QED) is 0.184. The van der Waals surface area contributed by atoms with E-state index in [0.717, 1.165) is 33.3 Å². The van der Waals surface area contributed by atoms with E-state index in [1.165, 1.54) is 55.2 Å². The fourth-order valence-corrected chi connectivity index (χ4v) is 7.70. The normalized spacial score (nSPS) is 11.6. The lowest BCUT2D eigenvalue weighted by Gasteiger charge is -2.12. The molecule has 3 heteroatoms. The van der Waals surface area contributed by atoms with Gasteiger partial charge in [-0.05, 0) is 94.0 Å². The fourth-order valence-electron chi connectivity index (χ4n) is 7.70. The third-order valence-corrected chi connectivity index (χ3v) is 9.97. The third kappa shape index (κ3) is 4.48. The van der Waals surface area contributed by atoms with Gasteiger partial charge in [0.15, 0.2) is 0 Å². The second-order valence-electron chi connectivity index (χ2n) is 12.8. The molecule has 3 aromatic heterocycles. The van der Waals surface area contributed by atoms with Crippen molar-refractivity contribution in [2.24, 2.45) is 0 Å². The van der Waals surface area contributed by atoms with Crippen molar-refractivity contribution in [3.05, 3.63) is 188 Å². The van der Waals surface area contributed by atoms with E-state index < -0.39 is 0 Å². The fraction of sp³-hybridized carbons (Fsp3) is 0. The molecule has 7 aromatic carbocycles. The maximum Gasteiger partial charge on any atom is 0.0963 e. The first kappa shape index (κ1) is 28.3. The van der Waals surface area contributed by atoms with Gasteiger partial charge < -0.3 is 9.13 Å². The van der Waals surface area contributed by atoms with E-state index in [4.69, 9.17) is 4.98 Å². The topological polar surface area (TPSA) is 22.8 Å². The Balaban J connectivity index is 1.18. The minimum Gasteiger partial charge on any atom is -0.309 e. The van der Waals surface area contributed by atoms with E-state index in [-0.39, 0.29) is 0 Å². The Morgan fingerprint density at radius 3 is 1.78 bits per heavy atom. The molecule has 0 aliphatic carbocycles. The molecule has 0 unspecified atom stereocenters. The van der Waals surface area contributed by atoms with Crippen molar-refractivity contribution < 1.29 is 0 Å². The number of aromatic nitrogens is 3. The number of para-hydroxylation sites is 1. The van der Waals surface area contributed by atoms with Crippen molar-refractivity contribution in [3.8, 4) is 44.8 Å². The summed E-state index contributed by atoms with van der Waals surface area (Å²) in [5.41, 5.74) is 15.1. The summed E-state index contributed by atoms with van der Waals surface area (Å²) in [6.45, 7) is 0. The molecule has 3 nitrogen and oxygen atoms in total. The maximum atomic E-state index is 4.87. The van der Waals surface area contributed by atoms with Gasteiger partial charge in [-0.25, -0.2) is 0 Å². The van der Waals surface area contributed by atoms with Crippen LogP contribution >= 0.6 is 0 Å². The molecule has 0 amide bonds. The molecule has 10 aromatic rings. The molecule has 0 aliphatic heterocycles. The first-order valence-corrected chi connectivity index (χ1v) is 17.1. The van der Waals surface area contributed by atoms with Gasteiger partial charge in [0.2, 0.25) is 0 Å². The molecule has 0 spiro atoms. The Bertz CT molecular complexity index is 2840. The lowest BCUT2D eigenvalue weighted by molar-refractivity contribution is 1.18. The van der Waals surface area contributed by atoms with Crippen molar-refractivity contribution in [3.63, 3.8) is 0 Å². The predicted octanol–water partition coefficient (Wildman–Crippen LogP) is 12.3. The molecule has 0 fully saturated rings. The first-order valence-electron chi connectivity index (χ1n) is 17.1. The molecule has 50 heavy (non-hydrogen) atoms. The largest absolute Gasteiger partial charge is 0.309 e. The number of fused-ring (bicyclic) bond motifs is 6. The van der Waals surface area contributed by atoms with E-state index >= 15 is 0 Å². The number of hydrogen-bond donors (Lipinski definition) is 0. The molecule has 0 aliphatic rings. The second kappa shape index (κ2) is 11.5. The Morgan fingerprint density at radius 1 is 0.340 bits per heavy atom. The van der Waals surface area contributed by atoms with Crippen molar-refractivity contribution >= 4 is 43.7 Å². The Hall–Kier alpha value is -6.71. The molecule has 234 valence electrons. The minimum absolute atomic E-state index is 1.01. The predicted molar refractivity (Wildman–Crippen MR) is 209 cm³/mol. The molecule has 0 bridgehead atoms. The van der Waals surface area contributed by atoms with E-state index in [1.807, 2.05) is 12.3 Å². The average Bonchev–Trinajstić information content (AvgIpc) is 3.71. The minimum atomic E-state index is 1.01. The monoisotopic (exact) mass is 637 g/mol. The van der Waals surface area contributed by atoms with Gasteiger partial charge in [-0.15, -0.1) is 0 Å². The summed E-state index contributed by atoms with van der Waals surface area (Å²) >= 11 is 0. The summed E-state index contributed by atoms with van der Waals surface area (Å²) in [5, 5.41) is 3.63. The number of benzene rings is 7. The first-order chi connectivity index (χ1) is 24.8. The van der Waals surface area contributed by atoms with Gasteiger partial charge in [0, 0.05) is 33.7 Å². The summed E-state index contributed by atoms with van der Waals surface area (Å²) in [5.74, 6) is 0. The highest BCUT2D eigenvalue weighted by Crippen LogP contribution is 2.41. The Kier molecular flexibility index (Phi) is 6.49. The van der Waals surface area contributed by atoms with Gasteiger partial charge in [-0.1, -0.05) is 121 Å². The van der Waals surface area contributed by atoms with Crippen molar-refractivity contribution in [2.75, 3.05) is 0 Å². The van der Waals surface area contributed by atoms with Crippen LogP contribution in [0.15, 0.2) is 188 Å². The molecule has 0 saturated carbocycles. The zero-order chi connectivity index (χ0) is 33.0. The number of hydrogen-bond acceptors (Lipinski definition) is 1. The molecule has 10 rings (SSSR count). The van der Waals surface area contributed by atoms with Crippen molar-refractivity contribution in [2.45, 2.75) is 0 Å². The van der Waals surface area contributed by atoms with Crippen LogP contribution < -0.4 is 0 Å². The van der Waals surface area contributed by atoms with Crippen LogP contribution in [-0.2, 0) is 0 Å². The van der Waals surface area contributed by atoms with Gasteiger partial charge >= 0.3 is 0 Å². The van der Waals surface area contributed by atoms with Gasteiger partial charge in [-0.3, -0.25) is 4.98 Å². The summed E-state index contributed by atoms with van der Waals surface area (Å²) < 4.78 is 4.77. The van der Waals surface area contributed by atoms with Crippen molar-refractivity contribution in [1.29, 1.82) is 0 Å². The van der Waals surface area contributed by atoms with E-state index in [0.29, 0.717) is 0 Å². The molecule has 3 heterocycles. The molecule has 0 atom stereocenters. The highest BCUT2D eigenvalue weighted by Gasteiger charge is 2.19. The molecular formula is C47H31N3. The lowest BCUT2D eigenvalue weighted by Crippen LogP contribution is -1.95. The maximum absolute atomic E-state index is 4.87. The molecule has 0 N–H and O–H groups in total. The van der Waals surface area contributed by atoms with Crippen LogP contribution in [0.5, 0.6) is 0 Å². The molecule has 0 saturated heterocycles. The number of nitrogens with zero attached hydrogens (tertiary/aromatic N) is 3. The highest BCUT2D eigenvalue weighted by molar-refractivity contribution is 6.17. The van der Waals surface area contributed by atoms with E-state index in [1.54, 1.807) is 0 Å². The van der Waals surface area contributed by atoms with Crippen LogP contribution in [0.3, 0.4) is 0 Å². The molecular weight excluding hydrogens is 607 g/mol. The highest BCUT2D eigenvalue weighted by atomic mass is 15.0. The average molecular weight is 638 g/mol. The van der Waals surface area contributed by atoms with Gasteiger partial charge in [0.05, 0.1) is 27.6 Å². The summed E-state index contributed by atoms with van der Waals surface area (Å²) in [6, 6.07) is 65.4. The van der Waals surface area contributed by atoms with Crippen LogP contribution in [0, 0.1) is 0 Å². The van der Waals surface area contributed by atoms with Crippen LogP contribution in [0.2, 0.25) is 0 Å². The molecule has 0 radical (unpaired) electrons. The van der Waals surface area contributed by atoms with Gasteiger partial charge in [0.25, 0.3) is 0 Å². The number of rotatable bonds is 5. The summed E-state index contributed by atoms with van der Waals surface area (Å²) in [7, 11) is 0. The van der Waals surface area contributed by atoms with Crippen LogP contribution in [0.1, 0.15) is 0 Å². The Labute approximate surface area is 290 Å². The summed E-state index contributed by atoms with van der Waals surface area (Å²) in [6.07, 6.45) is 1.89. The van der Waals surface area contributed by atoms with Gasteiger partial charge in [0.1, 0.15) is 0 Å². The smallest absolute Gasteiger partial charge is 0.0963 e. The standard InChI is InChI=1S/C47H31N3/c1-3-12-32(13-4-1)34-23-26-37(27-24-34)49-42-20-8-7-18-40(42)46-39(19-10-21-43(46)49)36-25-28-41-45(31-36)50(44-22-11-29-48-47(41)44)38-17-9-16-35(30-38)33-14-5-2-6-15-33/h1-31H. The zero-order valence-corrected chi connectivity index (χ0v) is 27.2.